The number of aromatic amines is 1. The van der Waals surface area contributed by atoms with Gasteiger partial charge >= 0.3 is 6.29 Å². The molecule has 9 heteroatoms. The molecule has 0 bridgehead atoms. The molecule has 2 aliphatic rings. The molecule has 0 atom stereocenters. The molecule has 1 saturated carbocycles. The maximum absolute atomic E-state index is 14.7. The standard InChI is InChI=1S/C23H21F3N2O4.2H2/c1-21(2,11-29)19-8-12-7-16(14(24)10-15(12)27-19)28-20(30)22(5-6-22)13-3-4-17-18(9-13)32-23(25,26)31-17;;/h3-4,7-10,27,29H,5-6,11H2,1-2H3,(H,28,30);2*1H. The molecule has 2 aromatic carbocycles. The van der Waals surface area contributed by atoms with Gasteiger partial charge in [0.1, 0.15) is 5.82 Å². The van der Waals surface area contributed by atoms with E-state index in [1.807, 2.05) is 19.9 Å². The molecule has 1 amide bonds. The second kappa shape index (κ2) is 6.65. The first-order valence-electron chi connectivity index (χ1n) is 10.2. The van der Waals surface area contributed by atoms with Crippen LogP contribution in [0.4, 0.5) is 18.9 Å². The topological polar surface area (TPSA) is 83.6 Å². The van der Waals surface area contributed by atoms with Gasteiger partial charge in [0.15, 0.2) is 11.5 Å². The number of aliphatic hydroxyl groups excluding tert-OH is 1. The molecule has 0 radical (unpaired) electrons. The van der Waals surface area contributed by atoms with Crippen LogP contribution in [-0.2, 0) is 15.6 Å². The molecule has 172 valence electrons. The van der Waals surface area contributed by atoms with E-state index in [-0.39, 0.29) is 26.6 Å². The Kier molecular flexibility index (Phi) is 4.30. The Labute approximate surface area is 184 Å². The maximum Gasteiger partial charge on any atom is 0.586 e. The van der Waals surface area contributed by atoms with Gasteiger partial charge in [-0.3, -0.25) is 4.79 Å². The summed E-state index contributed by atoms with van der Waals surface area (Å²) in [7, 11) is 0. The third kappa shape index (κ3) is 3.28. The van der Waals surface area contributed by atoms with E-state index in [1.54, 1.807) is 6.07 Å². The lowest BCUT2D eigenvalue weighted by Crippen LogP contribution is -2.28. The average molecular weight is 450 g/mol. The number of hydrogen-bond donors (Lipinski definition) is 3. The smallest absolute Gasteiger partial charge is 0.395 e. The van der Waals surface area contributed by atoms with Crippen LogP contribution in [0.2, 0.25) is 0 Å². The number of rotatable bonds is 5. The zero-order chi connectivity index (χ0) is 22.9. The van der Waals surface area contributed by atoms with Crippen LogP contribution in [0.1, 0.15) is 40.8 Å². The Morgan fingerprint density at radius 1 is 1.19 bits per heavy atom. The molecule has 1 aromatic heterocycles. The monoisotopic (exact) mass is 450 g/mol. The number of amides is 1. The summed E-state index contributed by atoms with van der Waals surface area (Å²) in [5.41, 5.74) is 0.342. The maximum atomic E-state index is 14.7. The van der Waals surface area contributed by atoms with E-state index < -0.39 is 28.8 Å². The van der Waals surface area contributed by atoms with Crippen molar-refractivity contribution < 1.29 is 35.4 Å². The largest absolute Gasteiger partial charge is 0.586 e. The third-order valence-electron chi connectivity index (χ3n) is 6.22. The molecule has 6 nitrogen and oxygen atoms in total. The predicted octanol–water partition coefficient (Wildman–Crippen LogP) is 5.06. The van der Waals surface area contributed by atoms with Crippen LogP contribution in [-0.4, -0.2) is 28.9 Å². The molecular weight excluding hydrogens is 425 g/mol. The van der Waals surface area contributed by atoms with Crippen molar-refractivity contribution >= 4 is 22.5 Å². The minimum Gasteiger partial charge on any atom is -0.395 e. The number of alkyl halides is 2. The Bertz CT molecular complexity index is 1260. The van der Waals surface area contributed by atoms with Gasteiger partial charge in [0.25, 0.3) is 0 Å². The number of halogens is 3. The summed E-state index contributed by atoms with van der Waals surface area (Å²) in [6.07, 6.45) is -2.74. The van der Waals surface area contributed by atoms with Gasteiger partial charge in [-0.1, -0.05) is 19.9 Å². The van der Waals surface area contributed by atoms with Gasteiger partial charge in [0, 0.05) is 30.9 Å². The number of aromatic nitrogens is 1. The van der Waals surface area contributed by atoms with Gasteiger partial charge in [-0.25, -0.2) is 4.39 Å². The molecule has 32 heavy (non-hydrogen) atoms. The summed E-state index contributed by atoms with van der Waals surface area (Å²) in [5.74, 6) is -1.26. The molecule has 1 fully saturated rings. The third-order valence-corrected chi connectivity index (χ3v) is 6.22. The summed E-state index contributed by atoms with van der Waals surface area (Å²) < 4.78 is 50.3. The summed E-state index contributed by atoms with van der Waals surface area (Å²) in [5, 5.41) is 12.9. The first-order chi connectivity index (χ1) is 15.0. The predicted molar refractivity (Wildman–Crippen MR) is 115 cm³/mol. The van der Waals surface area contributed by atoms with Crippen molar-refractivity contribution in [2.75, 3.05) is 11.9 Å². The van der Waals surface area contributed by atoms with Crippen LogP contribution >= 0.6 is 0 Å². The van der Waals surface area contributed by atoms with Gasteiger partial charge in [-0.15, -0.1) is 8.78 Å². The highest BCUT2D eigenvalue weighted by atomic mass is 19.3. The van der Waals surface area contributed by atoms with E-state index in [9.17, 15) is 23.1 Å². The van der Waals surface area contributed by atoms with Crippen molar-refractivity contribution in [2.24, 2.45) is 0 Å². The number of anilines is 1. The minimum atomic E-state index is -3.74. The molecule has 2 heterocycles. The van der Waals surface area contributed by atoms with Crippen molar-refractivity contribution in [3.05, 3.63) is 53.5 Å². The highest BCUT2D eigenvalue weighted by Crippen LogP contribution is 2.52. The lowest BCUT2D eigenvalue weighted by atomic mass is 9.91. The second-order valence-corrected chi connectivity index (χ2v) is 9.01. The molecule has 0 spiro atoms. The Balaban J connectivity index is 0.00000162. The zero-order valence-electron chi connectivity index (χ0n) is 17.4. The van der Waals surface area contributed by atoms with E-state index in [4.69, 9.17) is 0 Å². The highest BCUT2D eigenvalue weighted by molar-refractivity contribution is 6.02. The first-order valence-corrected chi connectivity index (χ1v) is 10.2. The molecule has 3 N–H and O–H groups in total. The Hall–Kier alpha value is -3.20. The summed E-state index contributed by atoms with van der Waals surface area (Å²) in [4.78, 5) is 16.2. The van der Waals surface area contributed by atoms with Gasteiger partial charge < -0.3 is 24.9 Å². The number of H-pyrrole nitrogens is 1. The minimum absolute atomic E-state index is 0. The molecule has 1 aliphatic heterocycles. The van der Waals surface area contributed by atoms with Crippen molar-refractivity contribution in [1.29, 1.82) is 0 Å². The zero-order valence-corrected chi connectivity index (χ0v) is 17.4. The molecular formula is C23H25F3N2O4. The molecule has 0 saturated heterocycles. The van der Waals surface area contributed by atoms with Crippen molar-refractivity contribution in [2.45, 2.75) is 43.8 Å². The van der Waals surface area contributed by atoms with Crippen LogP contribution in [0.25, 0.3) is 10.9 Å². The Morgan fingerprint density at radius 3 is 2.59 bits per heavy atom. The van der Waals surface area contributed by atoms with Crippen LogP contribution in [0.15, 0.2) is 36.4 Å². The van der Waals surface area contributed by atoms with E-state index in [0.29, 0.717) is 29.3 Å². The number of carbonyl (C=O) groups excluding carboxylic acids is 1. The fraction of sp³-hybridized carbons (Fsp3) is 0.348. The average Bonchev–Trinajstić information content (AvgIpc) is 3.34. The highest BCUT2D eigenvalue weighted by Gasteiger charge is 2.53. The van der Waals surface area contributed by atoms with E-state index >= 15 is 0 Å². The second-order valence-electron chi connectivity index (χ2n) is 9.01. The molecule has 5 rings (SSSR count). The number of benzene rings is 2. The van der Waals surface area contributed by atoms with Crippen molar-refractivity contribution in [3.8, 4) is 11.5 Å². The van der Waals surface area contributed by atoms with Crippen molar-refractivity contribution in [1.82, 2.24) is 4.98 Å². The number of hydrogen-bond acceptors (Lipinski definition) is 4. The fourth-order valence-corrected chi connectivity index (χ4v) is 3.96. The number of carbonyl (C=O) groups is 1. The molecule has 1 aliphatic carbocycles. The molecule has 3 aromatic rings. The van der Waals surface area contributed by atoms with Crippen LogP contribution in [0.3, 0.4) is 0 Å². The number of aliphatic hydroxyl groups is 1. The van der Waals surface area contributed by atoms with Gasteiger partial charge in [-0.05, 0) is 42.7 Å². The van der Waals surface area contributed by atoms with Crippen LogP contribution in [0.5, 0.6) is 11.5 Å². The normalized spacial score (nSPS) is 18.1. The number of nitrogens with one attached hydrogen (secondary N) is 2. The summed E-state index contributed by atoms with van der Waals surface area (Å²) in [6, 6.07) is 8.90. The van der Waals surface area contributed by atoms with Crippen LogP contribution < -0.4 is 14.8 Å². The lowest BCUT2D eigenvalue weighted by Gasteiger charge is -2.19. The van der Waals surface area contributed by atoms with Crippen LogP contribution in [0, 0.1) is 5.82 Å². The van der Waals surface area contributed by atoms with Gasteiger partial charge in [-0.2, -0.15) is 0 Å². The van der Waals surface area contributed by atoms with Gasteiger partial charge in [0.05, 0.1) is 17.7 Å². The van der Waals surface area contributed by atoms with E-state index in [1.165, 1.54) is 24.3 Å². The van der Waals surface area contributed by atoms with E-state index in [2.05, 4.69) is 19.8 Å². The number of ether oxygens (including phenoxy) is 2. The Morgan fingerprint density at radius 2 is 1.91 bits per heavy atom. The number of fused-ring (bicyclic) bond motifs is 2. The summed E-state index contributed by atoms with van der Waals surface area (Å²) >= 11 is 0. The quantitative estimate of drug-likeness (QED) is 0.507. The SMILES string of the molecule is CC(C)(CO)c1cc2cc(NC(=O)C3(c4ccc5c(c4)OC(F)(F)O5)CC3)c(F)cc2[nH]1.[HH].[HH]. The van der Waals surface area contributed by atoms with E-state index in [0.717, 1.165) is 5.69 Å². The lowest BCUT2D eigenvalue weighted by molar-refractivity contribution is -0.286. The summed E-state index contributed by atoms with van der Waals surface area (Å²) in [6.45, 7) is 3.62. The van der Waals surface area contributed by atoms with Crippen molar-refractivity contribution in [3.63, 3.8) is 0 Å². The van der Waals surface area contributed by atoms with Gasteiger partial charge in [0.2, 0.25) is 5.91 Å². The molecule has 0 unspecified atom stereocenters. The first kappa shape index (κ1) is 20.7. The fourth-order valence-electron chi connectivity index (χ4n) is 3.96.